The molecule has 128 valence electrons. The minimum atomic E-state index is -0.310. The van der Waals surface area contributed by atoms with E-state index in [0.29, 0.717) is 15.8 Å². The molecule has 0 spiro atoms. The van der Waals surface area contributed by atoms with Gasteiger partial charge in [0, 0.05) is 34.5 Å². The molecule has 3 aromatic rings. The summed E-state index contributed by atoms with van der Waals surface area (Å²) in [6, 6.07) is 13.0. The van der Waals surface area contributed by atoms with Crippen molar-refractivity contribution in [1.29, 1.82) is 0 Å². The first-order chi connectivity index (χ1) is 12.1. The molecule has 1 amide bonds. The molecule has 5 heteroatoms. The zero-order valence-electron chi connectivity index (χ0n) is 14.1. The van der Waals surface area contributed by atoms with Crippen LogP contribution in [0.1, 0.15) is 27.7 Å². The van der Waals surface area contributed by atoms with Crippen molar-refractivity contribution in [3.63, 3.8) is 0 Å². The van der Waals surface area contributed by atoms with Crippen LogP contribution in [0, 0.1) is 5.82 Å². The van der Waals surface area contributed by atoms with Crippen molar-refractivity contribution in [2.75, 3.05) is 12.0 Å². The van der Waals surface area contributed by atoms with Gasteiger partial charge < -0.3 is 9.64 Å². The molecule has 1 aliphatic rings. The van der Waals surface area contributed by atoms with E-state index in [4.69, 9.17) is 4.74 Å². The average Bonchev–Trinajstić information content (AvgIpc) is 3.13. The summed E-state index contributed by atoms with van der Waals surface area (Å²) in [7, 11) is 1.56. The number of benzene rings is 2. The molecule has 1 aromatic heterocycles. The van der Waals surface area contributed by atoms with Gasteiger partial charge in [0.15, 0.2) is 0 Å². The van der Waals surface area contributed by atoms with Crippen LogP contribution in [-0.4, -0.2) is 19.1 Å². The topological polar surface area (TPSA) is 29.5 Å². The summed E-state index contributed by atoms with van der Waals surface area (Å²) in [4.78, 5) is 15.7. The van der Waals surface area contributed by atoms with Crippen molar-refractivity contribution in [3.05, 3.63) is 64.3 Å². The number of para-hydroxylation sites is 1. The third-order valence-corrected chi connectivity index (χ3v) is 5.86. The quantitative estimate of drug-likeness (QED) is 0.677. The van der Waals surface area contributed by atoms with Crippen molar-refractivity contribution in [3.8, 4) is 0 Å². The van der Waals surface area contributed by atoms with E-state index in [0.717, 1.165) is 16.8 Å². The maximum absolute atomic E-state index is 14.4. The number of methoxy groups -OCH3 is 1. The first-order valence-corrected chi connectivity index (χ1v) is 9.03. The number of rotatable bonds is 3. The average molecular weight is 355 g/mol. The Hall–Kier alpha value is -2.24. The minimum absolute atomic E-state index is 0.0786. The van der Waals surface area contributed by atoms with E-state index in [9.17, 15) is 9.18 Å². The van der Waals surface area contributed by atoms with E-state index in [1.807, 2.05) is 36.1 Å². The number of anilines is 1. The van der Waals surface area contributed by atoms with E-state index < -0.39 is 0 Å². The second-order valence-corrected chi connectivity index (χ2v) is 7.36. The Morgan fingerprint density at radius 2 is 2.08 bits per heavy atom. The van der Waals surface area contributed by atoms with Gasteiger partial charge in [-0.2, -0.15) is 0 Å². The number of hydrogen-bond acceptors (Lipinski definition) is 3. The fourth-order valence-corrected chi connectivity index (χ4v) is 4.77. The van der Waals surface area contributed by atoms with Gasteiger partial charge in [-0.15, -0.1) is 11.3 Å². The molecular weight excluding hydrogens is 337 g/mol. The first-order valence-electron chi connectivity index (χ1n) is 8.22. The minimum Gasteiger partial charge on any atom is -0.380 e. The molecule has 1 atom stereocenters. The Bertz CT molecular complexity index is 965. The number of amides is 1. The molecule has 2 aromatic carbocycles. The third-order valence-electron chi connectivity index (χ3n) is 4.67. The summed E-state index contributed by atoms with van der Waals surface area (Å²) in [5.74, 6) is -0.389. The number of carbonyl (C=O) groups excluding carboxylic acids is 1. The Morgan fingerprint density at radius 1 is 1.28 bits per heavy atom. The van der Waals surface area contributed by atoms with E-state index in [1.54, 1.807) is 13.2 Å². The van der Waals surface area contributed by atoms with Crippen LogP contribution < -0.4 is 4.90 Å². The first kappa shape index (κ1) is 16.2. The largest absolute Gasteiger partial charge is 0.380 e. The van der Waals surface area contributed by atoms with Gasteiger partial charge in [-0.25, -0.2) is 4.39 Å². The maximum atomic E-state index is 14.4. The number of fused-ring (bicyclic) bond motifs is 2. The van der Waals surface area contributed by atoms with Gasteiger partial charge in [-0.05, 0) is 37.1 Å². The van der Waals surface area contributed by atoms with Gasteiger partial charge in [0.05, 0.1) is 11.5 Å². The Kier molecular flexibility index (Phi) is 4.06. The number of thiophene rings is 1. The molecule has 3 nitrogen and oxygen atoms in total. The van der Waals surface area contributed by atoms with Crippen LogP contribution in [0.5, 0.6) is 0 Å². The second-order valence-electron chi connectivity index (χ2n) is 6.31. The number of ether oxygens (including phenoxy) is 1. The predicted molar refractivity (Wildman–Crippen MR) is 98.9 cm³/mol. The molecule has 1 aliphatic heterocycles. The van der Waals surface area contributed by atoms with E-state index in [-0.39, 0.29) is 24.4 Å². The Morgan fingerprint density at radius 3 is 2.88 bits per heavy atom. The normalized spacial score (nSPS) is 16.4. The van der Waals surface area contributed by atoms with Crippen molar-refractivity contribution in [2.45, 2.75) is 26.0 Å². The lowest BCUT2D eigenvalue weighted by atomic mass is 10.1. The molecule has 0 saturated carbocycles. The van der Waals surface area contributed by atoms with Crippen molar-refractivity contribution >= 4 is 33.0 Å². The highest BCUT2D eigenvalue weighted by atomic mass is 32.1. The van der Waals surface area contributed by atoms with Crippen LogP contribution in [0.3, 0.4) is 0 Å². The van der Waals surface area contributed by atoms with Crippen molar-refractivity contribution < 1.29 is 13.9 Å². The highest BCUT2D eigenvalue weighted by molar-refractivity contribution is 7.21. The molecule has 2 heterocycles. The number of halogens is 1. The van der Waals surface area contributed by atoms with Crippen LogP contribution in [0.2, 0.25) is 0 Å². The summed E-state index contributed by atoms with van der Waals surface area (Å²) in [6.45, 7) is 2.26. The standard InChI is InChI=1S/C20H18FNO2S/c1-12-10-13-6-3-4-8-16(13)22(12)20(23)19-14(11-24-2)18-15(21)7-5-9-17(18)25-19/h3-9,12H,10-11H2,1-2H3/t12-/m0/s1. The van der Waals surface area contributed by atoms with Gasteiger partial charge >= 0.3 is 0 Å². The summed E-state index contributed by atoms with van der Waals surface area (Å²) in [6.07, 6.45) is 0.834. The fraction of sp³-hybridized carbons (Fsp3) is 0.250. The molecule has 0 bridgehead atoms. The van der Waals surface area contributed by atoms with Gasteiger partial charge in [0.25, 0.3) is 5.91 Å². The summed E-state index contributed by atoms with van der Waals surface area (Å²) < 4.78 is 20.4. The molecule has 0 N–H and O–H groups in total. The lowest BCUT2D eigenvalue weighted by molar-refractivity contribution is 0.0981. The monoisotopic (exact) mass is 355 g/mol. The zero-order chi connectivity index (χ0) is 17.6. The summed E-state index contributed by atoms with van der Waals surface area (Å²) in [5, 5.41) is 0.498. The van der Waals surface area contributed by atoms with Gasteiger partial charge in [0.1, 0.15) is 5.82 Å². The Labute approximate surface area is 149 Å². The van der Waals surface area contributed by atoms with Crippen LogP contribution >= 0.6 is 11.3 Å². The molecule has 0 fully saturated rings. The highest BCUT2D eigenvalue weighted by Gasteiger charge is 2.33. The predicted octanol–water partition coefficient (Wildman–Crippen LogP) is 4.78. The summed E-state index contributed by atoms with van der Waals surface area (Å²) in [5.41, 5.74) is 2.76. The molecule has 25 heavy (non-hydrogen) atoms. The maximum Gasteiger partial charge on any atom is 0.269 e. The molecule has 0 radical (unpaired) electrons. The lowest BCUT2D eigenvalue weighted by Crippen LogP contribution is -2.35. The number of nitrogens with zero attached hydrogens (tertiary/aromatic N) is 1. The van der Waals surface area contributed by atoms with Crippen molar-refractivity contribution in [1.82, 2.24) is 0 Å². The van der Waals surface area contributed by atoms with Crippen LogP contribution in [0.15, 0.2) is 42.5 Å². The van der Waals surface area contributed by atoms with Gasteiger partial charge in [-0.1, -0.05) is 24.3 Å². The third kappa shape index (κ3) is 2.55. The SMILES string of the molecule is COCc1c(C(=O)N2c3ccccc3C[C@@H]2C)sc2cccc(F)c12. The smallest absolute Gasteiger partial charge is 0.269 e. The highest BCUT2D eigenvalue weighted by Crippen LogP contribution is 2.38. The molecule has 4 rings (SSSR count). The number of carbonyl (C=O) groups is 1. The number of hydrogen-bond donors (Lipinski definition) is 0. The Balaban J connectivity index is 1.86. The fourth-order valence-electron chi connectivity index (χ4n) is 3.61. The van der Waals surface area contributed by atoms with Crippen molar-refractivity contribution in [2.24, 2.45) is 0 Å². The molecule has 0 saturated heterocycles. The van der Waals surface area contributed by atoms with Crippen LogP contribution in [0.25, 0.3) is 10.1 Å². The summed E-state index contributed by atoms with van der Waals surface area (Å²) >= 11 is 1.34. The van der Waals surface area contributed by atoms with Crippen LogP contribution in [0.4, 0.5) is 10.1 Å². The van der Waals surface area contributed by atoms with Gasteiger partial charge in [-0.3, -0.25) is 4.79 Å². The van der Waals surface area contributed by atoms with Gasteiger partial charge in [0.2, 0.25) is 0 Å². The van der Waals surface area contributed by atoms with E-state index >= 15 is 0 Å². The molecular formula is C20H18FNO2S. The lowest BCUT2D eigenvalue weighted by Gasteiger charge is -2.22. The molecule has 0 unspecified atom stereocenters. The van der Waals surface area contributed by atoms with Crippen LogP contribution in [-0.2, 0) is 17.8 Å². The molecule has 0 aliphatic carbocycles. The zero-order valence-corrected chi connectivity index (χ0v) is 14.9. The second kappa shape index (κ2) is 6.24. The van der Waals surface area contributed by atoms with E-state index in [2.05, 4.69) is 6.07 Å². The van der Waals surface area contributed by atoms with E-state index in [1.165, 1.54) is 23.0 Å².